The first-order chi connectivity index (χ1) is 15.1. The highest BCUT2D eigenvalue weighted by molar-refractivity contribution is 9.10. The molecule has 0 bridgehead atoms. The molecule has 0 aliphatic carbocycles. The van der Waals surface area contributed by atoms with Gasteiger partial charge in [-0.15, -0.1) is 4.40 Å². The number of halogens is 1. The van der Waals surface area contributed by atoms with E-state index in [1.165, 1.54) is 0 Å². The second kappa shape index (κ2) is 8.32. The van der Waals surface area contributed by atoms with Crippen LogP contribution in [0.3, 0.4) is 0 Å². The van der Waals surface area contributed by atoms with Crippen molar-refractivity contribution in [3.63, 3.8) is 0 Å². The number of aromatic amines is 1. The summed E-state index contributed by atoms with van der Waals surface area (Å²) in [7, 11) is -3.78. The van der Waals surface area contributed by atoms with E-state index in [2.05, 4.69) is 30.4 Å². The summed E-state index contributed by atoms with van der Waals surface area (Å²) in [5, 5.41) is 6.22. The van der Waals surface area contributed by atoms with E-state index in [1.54, 1.807) is 34.0 Å². The van der Waals surface area contributed by atoms with E-state index in [0.717, 1.165) is 16.6 Å². The predicted octanol–water partition coefficient (Wildman–Crippen LogP) is 4.11. The molecule has 168 valence electrons. The van der Waals surface area contributed by atoms with Crippen molar-refractivity contribution in [1.82, 2.24) is 14.6 Å². The average molecular weight is 518 g/mol. The van der Waals surface area contributed by atoms with Crippen LogP contribution in [0.5, 0.6) is 0 Å². The highest BCUT2D eigenvalue weighted by Crippen LogP contribution is 2.30. The normalized spacial score (nSPS) is 15.2. The molecule has 0 saturated carbocycles. The molecule has 10 heteroatoms. The number of benzene rings is 2. The van der Waals surface area contributed by atoms with Crippen molar-refractivity contribution >= 4 is 49.0 Å². The summed E-state index contributed by atoms with van der Waals surface area (Å²) < 4.78 is 31.6. The molecule has 2 heterocycles. The van der Waals surface area contributed by atoms with E-state index < -0.39 is 10.0 Å². The maximum absolute atomic E-state index is 12.6. The molecule has 2 aromatic carbocycles. The molecule has 0 saturated heterocycles. The molecule has 1 aliphatic heterocycles. The predicted molar refractivity (Wildman–Crippen MR) is 130 cm³/mol. The molecule has 0 amide bonds. The van der Waals surface area contributed by atoms with Crippen LogP contribution >= 0.6 is 15.9 Å². The molecular weight excluding hydrogens is 494 g/mol. The minimum absolute atomic E-state index is 0.00903. The number of nitrogens with zero attached hydrogens (tertiary/aromatic N) is 4. The third kappa shape index (κ3) is 4.16. The van der Waals surface area contributed by atoms with E-state index in [-0.39, 0.29) is 22.5 Å². The van der Waals surface area contributed by atoms with Crippen molar-refractivity contribution in [2.45, 2.75) is 38.6 Å². The molecule has 8 nitrogen and oxygen atoms in total. The topological polar surface area (TPSA) is 99.9 Å². The van der Waals surface area contributed by atoms with Crippen molar-refractivity contribution in [2.24, 2.45) is 15.4 Å². The lowest BCUT2D eigenvalue weighted by Crippen LogP contribution is -2.29. The zero-order valence-electron chi connectivity index (χ0n) is 18.2. The lowest BCUT2D eigenvalue weighted by Gasteiger charge is -2.21. The van der Waals surface area contributed by atoms with E-state index in [1.807, 2.05) is 45.9 Å². The first-order valence-electron chi connectivity index (χ1n) is 10.3. The summed E-state index contributed by atoms with van der Waals surface area (Å²) in [6.45, 7) is 8.45. The maximum atomic E-state index is 12.6. The quantitative estimate of drug-likeness (QED) is 0.406. The highest BCUT2D eigenvalue weighted by Gasteiger charge is 2.32. The van der Waals surface area contributed by atoms with Crippen LogP contribution in [0.1, 0.15) is 44.9 Å². The van der Waals surface area contributed by atoms with Gasteiger partial charge in [0.1, 0.15) is 4.90 Å². The maximum Gasteiger partial charge on any atom is 0.326 e. The Morgan fingerprint density at radius 1 is 1.19 bits per heavy atom. The van der Waals surface area contributed by atoms with Gasteiger partial charge in [-0.25, -0.2) is 9.80 Å². The number of H-pyrrole nitrogens is 1. The Hall–Kier alpha value is -2.72. The van der Waals surface area contributed by atoms with Gasteiger partial charge in [0.25, 0.3) is 10.0 Å². The van der Waals surface area contributed by atoms with Gasteiger partial charge >= 0.3 is 5.69 Å². The Morgan fingerprint density at radius 2 is 1.94 bits per heavy atom. The lowest BCUT2D eigenvalue weighted by atomic mass is 10.1. The number of sulfonamides is 1. The monoisotopic (exact) mass is 517 g/mol. The Morgan fingerprint density at radius 3 is 2.62 bits per heavy atom. The molecule has 3 aromatic rings. The van der Waals surface area contributed by atoms with Crippen molar-refractivity contribution in [3.05, 3.63) is 62.5 Å². The molecule has 0 fully saturated rings. The number of hydrogen-bond donors (Lipinski definition) is 1. The van der Waals surface area contributed by atoms with Crippen molar-refractivity contribution < 1.29 is 8.42 Å². The van der Waals surface area contributed by atoms with E-state index >= 15 is 0 Å². The van der Waals surface area contributed by atoms with Crippen LogP contribution in [-0.4, -0.2) is 41.6 Å². The molecule has 0 atom stereocenters. The number of nitrogens with one attached hydrogen (secondary N) is 1. The SMILES string of the molecule is CC(C)CN(/N=C/c1ccc2[nH]c(=O)n(C(C)C)c2c1)C1=NS(=O)(=O)c2cc(Br)ccc21. The Kier molecular flexibility index (Phi) is 5.85. The zero-order chi connectivity index (χ0) is 23.2. The number of fused-ring (bicyclic) bond motifs is 2. The first kappa shape index (κ1) is 22.5. The zero-order valence-corrected chi connectivity index (χ0v) is 20.6. The lowest BCUT2D eigenvalue weighted by molar-refractivity contribution is 0.386. The molecule has 1 aliphatic rings. The summed E-state index contributed by atoms with van der Waals surface area (Å²) in [4.78, 5) is 15.3. The molecule has 0 radical (unpaired) electrons. The van der Waals surface area contributed by atoms with Crippen LogP contribution in [0.25, 0.3) is 11.0 Å². The minimum Gasteiger partial charge on any atom is -0.306 e. The number of imidazole rings is 1. The molecule has 32 heavy (non-hydrogen) atoms. The molecule has 1 N–H and O–H groups in total. The van der Waals surface area contributed by atoms with Gasteiger partial charge in [0, 0.05) is 22.6 Å². The van der Waals surface area contributed by atoms with Gasteiger partial charge in [-0.3, -0.25) is 4.57 Å². The number of hydrazone groups is 1. The van der Waals surface area contributed by atoms with Crippen LogP contribution in [0.2, 0.25) is 0 Å². The number of rotatable bonds is 5. The van der Waals surface area contributed by atoms with Crippen molar-refractivity contribution in [1.29, 1.82) is 0 Å². The molecule has 4 rings (SSSR count). The van der Waals surface area contributed by atoms with Crippen molar-refractivity contribution in [2.75, 3.05) is 6.54 Å². The van der Waals surface area contributed by atoms with Gasteiger partial charge in [0.05, 0.1) is 17.2 Å². The minimum atomic E-state index is -3.78. The Bertz CT molecular complexity index is 1420. The number of amidine groups is 1. The summed E-state index contributed by atoms with van der Waals surface area (Å²) in [6, 6.07) is 10.7. The van der Waals surface area contributed by atoms with Gasteiger partial charge in [0.15, 0.2) is 5.84 Å². The fourth-order valence-electron chi connectivity index (χ4n) is 3.69. The van der Waals surface area contributed by atoms with Crippen LogP contribution in [0.15, 0.2) is 60.1 Å². The standard InChI is InChI=1S/C22H24BrN5O3S/c1-13(2)12-27(21-17-7-6-16(23)10-20(17)32(30,31)26-21)24-11-15-5-8-18-19(9-15)28(14(3)4)22(29)25-18/h5-11,13-14H,12H2,1-4H3,(H,25,29)/b24-11+. The first-order valence-corrected chi connectivity index (χ1v) is 12.5. The average Bonchev–Trinajstić information content (AvgIpc) is 3.17. The van der Waals surface area contributed by atoms with Gasteiger partial charge in [-0.05, 0) is 55.7 Å². The van der Waals surface area contributed by atoms with E-state index in [4.69, 9.17) is 0 Å². The van der Waals surface area contributed by atoms with Gasteiger partial charge in [0.2, 0.25) is 0 Å². The fourth-order valence-corrected chi connectivity index (χ4v) is 5.44. The van der Waals surface area contributed by atoms with Gasteiger partial charge < -0.3 is 4.98 Å². The van der Waals surface area contributed by atoms with Crippen molar-refractivity contribution in [3.8, 4) is 0 Å². The second-order valence-corrected chi connectivity index (χ2v) is 10.9. The number of hydrogen-bond acceptors (Lipinski definition) is 5. The number of aromatic nitrogens is 2. The van der Waals surface area contributed by atoms with Gasteiger partial charge in [-0.2, -0.15) is 13.5 Å². The fraction of sp³-hybridized carbons (Fsp3) is 0.318. The Balaban J connectivity index is 1.75. The van der Waals surface area contributed by atoms with Crippen LogP contribution in [0.4, 0.5) is 0 Å². The molecule has 0 unspecified atom stereocenters. The molecular formula is C22H24BrN5O3S. The largest absolute Gasteiger partial charge is 0.326 e. The molecule has 1 aromatic heterocycles. The summed E-state index contributed by atoms with van der Waals surface area (Å²) in [6.07, 6.45) is 1.66. The summed E-state index contributed by atoms with van der Waals surface area (Å²) in [5.74, 6) is 0.523. The Labute approximate surface area is 194 Å². The smallest absolute Gasteiger partial charge is 0.306 e. The summed E-state index contributed by atoms with van der Waals surface area (Å²) >= 11 is 3.33. The van der Waals surface area contributed by atoms with E-state index in [0.29, 0.717) is 22.4 Å². The van der Waals surface area contributed by atoms with Crippen LogP contribution in [-0.2, 0) is 10.0 Å². The second-order valence-electron chi connectivity index (χ2n) is 8.42. The summed E-state index contributed by atoms with van der Waals surface area (Å²) in [5.41, 5.74) is 2.71. The highest BCUT2D eigenvalue weighted by atomic mass is 79.9. The third-order valence-corrected chi connectivity index (χ3v) is 6.86. The van der Waals surface area contributed by atoms with Crippen LogP contribution in [0, 0.1) is 5.92 Å². The van der Waals surface area contributed by atoms with Crippen LogP contribution < -0.4 is 5.69 Å². The molecule has 0 spiro atoms. The van der Waals surface area contributed by atoms with E-state index in [9.17, 15) is 13.2 Å². The third-order valence-electron chi connectivity index (χ3n) is 5.06. The van der Waals surface area contributed by atoms with Gasteiger partial charge in [-0.1, -0.05) is 35.8 Å².